The van der Waals surface area contributed by atoms with Gasteiger partial charge in [-0.25, -0.2) is 0 Å². The summed E-state index contributed by atoms with van der Waals surface area (Å²) >= 11 is 8.87. The third-order valence-electron chi connectivity index (χ3n) is 1.07. The molecule has 1 unspecified atom stereocenters. The molecule has 0 aliphatic heterocycles. The first kappa shape index (κ1) is 9.20. The predicted octanol–water partition coefficient (Wildman–Crippen LogP) is 0.308. The Hall–Kier alpha value is 0.200. The van der Waals surface area contributed by atoms with Gasteiger partial charge in [0, 0.05) is 4.75 Å². The molecule has 54 valence electrons. The summed E-state index contributed by atoms with van der Waals surface area (Å²) in [5, 5.41) is 0. The third kappa shape index (κ3) is 3.03. The fourth-order valence-corrected chi connectivity index (χ4v) is 0.869. The molecule has 0 amide bonds. The van der Waals surface area contributed by atoms with Gasteiger partial charge in [0.25, 0.3) is 0 Å². The maximum absolute atomic E-state index is 5.55. The van der Waals surface area contributed by atoms with E-state index in [1.807, 2.05) is 13.8 Å². The number of thiocarbonyl (C=S) groups is 1. The van der Waals surface area contributed by atoms with Crippen molar-refractivity contribution in [2.45, 2.75) is 24.6 Å². The van der Waals surface area contributed by atoms with E-state index in [1.54, 1.807) is 0 Å². The van der Waals surface area contributed by atoms with Gasteiger partial charge in [-0.05, 0) is 13.8 Å². The minimum absolute atomic E-state index is 0.309. The molecule has 0 aromatic carbocycles. The lowest BCUT2D eigenvalue weighted by Gasteiger charge is -2.24. The van der Waals surface area contributed by atoms with Gasteiger partial charge < -0.3 is 11.5 Å². The first-order valence-corrected chi connectivity index (χ1v) is 3.48. The molecule has 0 aromatic heterocycles. The molecule has 2 nitrogen and oxygen atoms in total. The Bertz CT molecular complexity index is 117. The van der Waals surface area contributed by atoms with Crippen molar-refractivity contribution >= 4 is 29.8 Å². The minimum atomic E-state index is -0.314. The first-order valence-electron chi connectivity index (χ1n) is 2.63. The predicted molar refractivity (Wildman–Crippen MR) is 47.8 cm³/mol. The lowest BCUT2D eigenvalue weighted by atomic mass is 10.1. The second-order valence-electron chi connectivity index (χ2n) is 2.53. The molecule has 0 radical (unpaired) electrons. The zero-order valence-corrected chi connectivity index (χ0v) is 7.30. The van der Waals surface area contributed by atoms with Crippen LogP contribution in [0.15, 0.2) is 0 Å². The molecule has 1 atom stereocenters. The van der Waals surface area contributed by atoms with E-state index in [9.17, 15) is 0 Å². The van der Waals surface area contributed by atoms with Gasteiger partial charge in [-0.3, -0.25) is 0 Å². The Labute approximate surface area is 66.4 Å². The zero-order chi connectivity index (χ0) is 7.65. The van der Waals surface area contributed by atoms with Gasteiger partial charge in [0.15, 0.2) is 0 Å². The van der Waals surface area contributed by atoms with Crippen molar-refractivity contribution in [2.24, 2.45) is 11.5 Å². The summed E-state index contributed by atoms with van der Waals surface area (Å²) in [6.07, 6.45) is 0. The van der Waals surface area contributed by atoms with Crippen LogP contribution in [-0.2, 0) is 0 Å². The average molecular weight is 164 g/mol. The Kier molecular flexibility index (Phi) is 2.92. The van der Waals surface area contributed by atoms with Gasteiger partial charge in [0.05, 0.1) is 11.0 Å². The quantitative estimate of drug-likeness (QED) is 0.407. The number of rotatable bonds is 2. The largest absolute Gasteiger partial charge is 0.392 e. The molecule has 0 rings (SSSR count). The molecule has 0 fully saturated rings. The molecule has 0 aliphatic carbocycles. The first-order chi connectivity index (χ1) is 3.85. The summed E-state index contributed by atoms with van der Waals surface area (Å²) in [7, 11) is 0. The number of thiol groups is 1. The van der Waals surface area contributed by atoms with E-state index in [1.165, 1.54) is 0 Å². The van der Waals surface area contributed by atoms with E-state index in [2.05, 4.69) is 24.8 Å². The number of hydrogen-bond acceptors (Lipinski definition) is 3. The summed E-state index contributed by atoms with van der Waals surface area (Å²) in [5.41, 5.74) is 10.8. The number of nitrogens with two attached hydrogens (primary N) is 2. The molecule has 0 bridgehead atoms. The highest BCUT2D eigenvalue weighted by atomic mass is 32.1. The Balaban J connectivity index is 4.04. The van der Waals surface area contributed by atoms with Crippen molar-refractivity contribution in [2.75, 3.05) is 0 Å². The SMILES string of the molecule is CC(C)(S)C(N)C(N)=S. The van der Waals surface area contributed by atoms with Crippen molar-refractivity contribution in [3.05, 3.63) is 0 Å². The van der Waals surface area contributed by atoms with Gasteiger partial charge in [0.2, 0.25) is 0 Å². The van der Waals surface area contributed by atoms with Crippen LogP contribution in [0.2, 0.25) is 0 Å². The second-order valence-corrected chi connectivity index (χ2v) is 4.16. The van der Waals surface area contributed by atoms with Gasteiger partial charge in [-0.1, -0.05) is 12.2 Å². The Morgan fingerprint density at radius 1 is 1.67 bits per heavy atom. The van der Waals surface area contributed by atoms with Crippen LogP contribution in [0, 0.1) is 0 Å². The van der Waals surface area contributed by atoms with Gasteiger partial charge in [-0.2, -0.15) is 12.6 Å². The van der Waals surface area contributed by atoms with E-state index in [0.29, 0.717) is 4.99 Å². The van der Waals surface area contributed by atoms with Gasteiger partial charge in [0.1, 0.15) is 0 Å². The molecule has 4 heteroatoms. The maximum Gasteiger partial charge on any atom is 0.0911 e. The summed E-state index contributed by atoms with van der Waals surface area (Å²) in [4.78, 5) is 0.315. The van der Waals surface area contributed by atoms with Crippen molar-refractivity contribution in [1.82, 2.24) is 0 Å². The normalized spacial score (nSPS) is 15.1. The average Bonchev–Trinajstić information content (AvgIpc) is 1.62. The summed E-state index contributed by atoms with van der Waals surface area (Å²) in [6, 6.07) is -0.309. The minimum Gasteiger partial charge on any atom is -0.392 e. The molecule has 0 aromatic rings. The maximum atomic E-state index is 5.55. The van der Waals surface area contributed by atoms with Crippen molar-refractivity contribution in [3.63, 3.8) is 0 Å². The molecule has 0 spiro atoms. The summed E-state index contributed by atoms with van der Waals surface area (Å²) in [6.45, 7) is 3.75. The molecule has 4 N–H and O–H groups in total. The highest BCUT2D eigenvalue weighted by Gasteiger charge is 2.23. The van der Waals surface area contributed by atoms with Gasteiger partial charge in [-0.15, -0.1) is 0 Å². The monoisotopic (exact) mass is 164 g/mol. The van der Waals surface area contributed by atoms with Crippen LogP contribution in [0.25, 0.3) is 0 Å². The van der Waals surface area contributed by atoms with Gasteiger partial charge >= 0.3 is 0 Å². The molecule has 0 saturated carbocycles. The van der Waals surface area contributed by atoms with Crippen molar-refractivity contribution < 1.29 is 0 Å². The smallest absolute Gasteiger partial charge is 0.0911 e. The Morgan fingerprint density at radius 3 is 2.00 bits per heavy atom. The van der Waals surface area contributed by atoms with Crippen LogP contribution < -0.4 is 11.5 Å². The highest BCUT2D eigenvalue weighted by molar-refractivity contribution is 7.82. The van der Waals surface area contributed by atoms with Crippen molar-refractivity contribution in [1.29, 1.82) is 0 Å². The lowest BCUT2D eigenvalue weighted by molar-refractivity contribution is 0.657. The van der Waals surface area contributed by atoms with E-state index in [-0.39, 0.29) is 10.8 Å². The number of hydrogen-bond donors (Lipinski definition) is 3. The van der Waals surface area contributed by atoms with Crippen LogP contribution in [0.4, 0.5) is 0 Å². The molecule has 0 aliphatic rings. The van der Waals surface area contributed by atoms with E-state index < -0.39 is 0 Å². The zero-order valence-electron chi connectivity index (χ0n) is 5.59. The van der Waals surface area contributed by atoms with E-state index >= 15 is 0 Å². The second kappa shape index (κ2) is 2.86. The fourth-order valence-electron chi connectivity index (χ4n) is 0.348. The highest BCUT2D eigenvalue weighted by Crippen LogP contribution is 2.15. The third-order valence-corrected chi connectivity index (χ3v) is 1.60. The van der Waals surface area contributed by atoms with Crippen LogP contribution in [0.3, 0.4) is 0 Å². The van der Waals surface area contributed by atoms with Crippen molar-refractivity contribution in [3.8, 4) is 0 Å². The molecular weight excluding hydrogens is 152 g/mol. The summed E-state index contributed by atoms with van der Waals surface area (Å²) < 4.78 is -0.314. The molecule has 0 heterocycles. The topological polar surface area (TPSA) is 52.0 Å². The standard InChI is InChI=1S/C5H12N2S2/c1-5(2,9)3(6)4(7)8/h3,9H,6H2,1-2H3,(H2,7,8). The lowest BCUT2D eigenvalue weighted by Crippen LogP contribution is -2.47. The molecule has 9 heavy (non-hydrogen) atoms. The fraction of sp³-hybridized carbons (Fsp3) is 0.800. The summed E-state index contributed by atoms with van der Waals surface area (Å²) in [5.74, 6) is 0. The van der Waals surface area contributed by atoms with Crippen LogP contribution in [-0.4, -0.2) is 15.8 Å². The Morgan fingerprint density at radius 2 is 2.00 bits per heavy atom. The van der Waals surface area contributed by atoms with Crippen LogP contribution in [0.1, 0.15) is 13.8 Å². The van der Waals surface area contributed by atoms with E-state index in [0.717, 1.165) is 0 Å². The van der Waals surface area contributed by atoms with Crippen LogP contribution in [0.5, 0.6) is 0 Å². The molecule has 0 saturated heterocycles. The van der Waals surface area contributed by atoms with E-state index in [4.69, 9.17) is 11.5 Å². The van der Waals surface area contributed by atoms with Crippen LogP contribution >= 0.6 is 24.8 Å². The molecular formula is C5H12N2S2.